The van der Waals surface area contributed by atoms with E-state index in [1.54, 1.807) is 11.2 Å². The van der Waals surface area contributed by atoms with Crippen molar-refractivity contribution in [1.29, 1.82) is 0 Å². The first kappa shape index (κ1) is 19.3. The van der Waals surface area contributed by atoms with Crippen LogP contribution in [0.3, 0.4) is 0 Å². The highest BCUT2D eigenvalue weighted by Crippen LogP contribution is 2.32. The van der Waals surface area contributed by atoms with Gasteiger partial charge in [0.15, 0.2) is 5.76 Å². The summed E-state index contributed by atoms with van der Waals surface area (Å²) in [4.78, 5) is 16.6. The van der Waals surface area contributed by atoms with Gasteiger partial charge in [0.25, 0.3) is 5.91 Å². The van der Waals surface area contributed by atoms with E-state index in [0.717, 1.165) is 17.9 Å². The molecule has 0 saturated carbocycles. The molecule has 152 valence electrons. The van der Waals surface area contributed by atoms with E-state index >= 15 is 0 Å². The molecule has 29 heavy (non-hydrogen) atoms. The third-order valence-electron chi connectivity index (χ3n) is 4.91. The van der Waals surface area contributed by atoms with Crippen LogP contribution in [0.4, 0.5) is 13.2 Å². The summed E-state index contributed by atoms with van der Waals surface area (Å²) in [5, 5.41) is 0. The molecule has 2 aromatic heterocycles. The number of halogens is 3. The number of benzene rings is 1. The summed E-state index contributed by atoms with van der Waals surface area (Å²) in [7, 11) is 0. The number of amides is 1. The number of alkyl halides is 3. The van der Waals surface area contributed by atoms with Gasteiger partial charge in [0.1, 0.15) is 11.5 Å². The van der Waals surface area contributed by atoms with Crippen LogP contribution < -0.4 is 0 Å². The van der Waals surface area contributed by atoms with Gasteiger partial charge in [-0.05, 0) is 36.4 Å². The Labute approximate surface area is 165 Å². The molecular formula is C21H19F3N2O3. The Morgan fingerprint density at radius 1 is 1.00 bits per heavy atom. The van der Waals surface area contributed by atoms with Crippen molar-refractivity contribution in [3.05, 3.63) is 71.9 Å². The second kappa shape index (κ2) is 7.79. The summed E-state index contributed by atoms with van der Waals surface area (Å²) in [6, 6.07) is 11.6. The molecule has 0 spiro atoms. The SMILES string of the molecule is O=C(c1ccc(-c2cccc(C(F)(F)F)c2)o1)N1CCN(Cc2ccco2)CC1. The van der Waals surface area contributed by atoms with E-state index in [0.29, 0.717) is 32.7 Å². The van der Waals surface area contributed by atoms with Crippen LogP contribution in [0.25, 0.3) is 11.3 Å². The van der Waals surface area contributed by atoms with Gasteiger partial charge in [-0.3, -0.25) is 9.69 Å². The molecule has 0 bridgehead atoms. The number of hydrogen-bond acceptors (Lipinski definition) is 4. The van der Waals surface area contributed by atoms with Crippen molar-refractivity contribution < 1.29 is 26.8 Å². The molecule has 8 heteroatoms. The normalized spacial score (nSPS) is 15.6. The zero-order chi connectivity index (χ0) is 20.4. The molecular weight excluding hydrogens is 385 g/mol. The van der Waals surface area contributed by atoms with Crippen molar-refractivity contribution >= 4 is 5.91 Å². The minimum atomic E-state index is -4.43. The van der Waals surface area contributed by atoms with Gasteiger partial charge in [0, 0.05) is 31.7 Å². The summed E-state index contributed by atoms with van der Waals surface area (Å²) in [5.41, 5.74) is -0.478. The fourth-order valence-corrected chi connectivity index (χ4v) is 3.34. The van der Waals surface area contributed by atoms with Crippen LogP contribution in [0.1, 0.15) is 21.9 Å². The molecule has 3 aromatic rings. The number of furan rings is 2. The fourth-order valence-electron chi connectivity index (χ4n) is 3.34. The molecule has 3 heterocycles. The second-order valence-electron chi connectivity index (χ2n) is 6.89. The van der Waals surface area contributed by atoms with Gasteiger partial charge in [-0.2, -0.15) is 13.2 Å². The van der Waals surface area contributed by atoms with Crippen molar-refractivity contribution in [2.45, 2.75) is 12.7 Å². The van der Waals surface area contributed by atoms with E-state index in [1.807, 2.05) is 12.1 Å². The Hall–Kier alpha value is -3.00. The average Bonchev–Trinajstić information content (AvgIpc) is 3.40. The van der Waals surface area contributed by atoms with Crippen LogP contribution >= 0.6 is 0 Å². The smallest absolute Gasteiger partial charge is 0.416 e. The van der Waals surface area contributed by atoms with Crippen molar-refractivity contribution in [3.8, 4) is 11.3 Å². The lowest BCUT2D eigenvalue weighted by atomic mass is 10.1. The lowest BCUT2D eigenvalue weighted by molar-refractivity contribution is -0.137. The molecule has 1 aromatic carbocycles. The minimum absolute atomic E-state index is 0.122. The number of carbonyl (C=O) groups is 1. The molecule has 4 rings (SSSR count). The first-order valence-electron chi connectivity index (χ1n) is 9.21. The highest BCUT2D eigenvalue weighted by molar-refractivity contribution is 5.92. The van der Waals surface area contributed by atoms with Gasteiger partial charge in [-0.25, -0.2) is 0 Å². The number of nitrogens with zero attached hydrogens (tertiary/aromatic N) is 2. The zero-order valence-corrected chi connectivity index (χ0v) is 15.5. The fraction of sp³-hybridized carbons (Fsp3) is 0.286. The van der Waals surface area contributed by atoms with Crippen LogP contribution in [-0.4, -0.2) is 41.9 Å². The molecule has 1 saturated heterocycles. The van der Waals surface area contributed by atoms with Gasteiger partial charge in [-0.15, -0.1) is 0 Å². The van der Waals surface area contributed by atoms with Gasteiger partial charge < -0.3 is 13.7 Å². The maximum Gasteiger partial charge on any atom is 0.416 e. The molecule has 1 fully saturated rings. The van der Waals surface area contributed by atoms with E-state index in [4.69, 9.17) is 8.83 Å². The van der Waals surface area contributed by atoms with Crippen LogP contribution in [0.5, 0.6) is 0 Å². The van der Waals surface area contributed by atoms with E-state index in [9.17, 15) is 18.0 Å². The third kappa shape index (κ3) is 4.37. The zero-order valence-electron chi connectivity index (χ0n) is 15.5. The molecule has 1 amide bonds. The first-order valence-corrected chi connectivity index (χ1v) is 9.21. The molecule has 1 aliphatic rings. The molecule has 5 nitrogen and oxygen atoms in total. The maximum atomic E-state index is 12.9. The van der Waals surface area contributed by atoms with E-state index < -0.39 is 11.7 Å². The van der Waals surface area contributed by atoms with Crippen LogP contribution in [-0.2, 0) is 12.7 Å². The predicted molar refractivity (Wildman–Crippen MR) is 99.0 cm³/mol. The maximum absolute atomic E-state index is 12.9. The molecule has 0 atom stereocenters. The molecule has 0 N–H and O–H groups in total. The first-order chi connectivity index (χ1) is 13.9. The summed E-state index contributed by atoms with van der Waals surface area (Å²) in [6.07, 6.45) is -2.80. The average molecular weight is 404 g/mol. The topological polar surface area (TPSA) is 49.8 Å². The van der Waals surface area contributed by atoms with E-state index in [2.05, 4.69) is 4.90 Å². The van der Waals surface area contributed by atoms with Crippen molar-refractivity contribution in [2.24, 2.45) is 0 Å². The number of hydrogen-bond donors (Lipinski definition) is 0. The summed E-state index contributed by atoms with van der Waals surface area (Å²) in [6.45, 7) is 3.18. The van der Waals surface area contributed by atoms with Crippen LogP contribution in [0.15, 0.2) is 63.6 Å². The lowest BCUT2D eigenvalue weighted by Crippen LogP contribution is -2.48. The molecule has 1 aliphatic heterocycles. The Morgan fingerprint density at radius 2 is 1.79 bits per heavy atom. The van der Waals surface area contributed by atoms with Gasteiger partial charge >= 0.3 is 6.18 Å². The second-order valence-corrected chi connectivity index (χ2v) is 6.89. The summed E-state index contributed by atoms with van der Waals surface area (Å²) in [5.74, 6) is 0.968. The lowest BCUT2D eigenvalue weighted by Gasteiger charge is -2.33. The van der Waals surface area contributed by atoms with Gasteiger partial charge in [0.2, 0.25) is 0 Å². The standard InChI is InChI=1S/C21H19F3N2O3/c22-21(23,24)16-4-1-3-15(13-16)18-6-7-19(29-18)20(27)26-10-8-25(9-11-26)14-17-5-2-12-28-17/h1-7,12-13H,8-11,14H2. The molecule has 0 aliphatic carbocycles. The Morgan fingerprint density at radius 3 is 2.48 bits per heavy atom. The highest BCUT2D eigenvalue weighted by Gasteiger charge is 2.31. The summed E-state index contributed by atoms with van der Waals surface area (Å²) < 4.78 is 49.7. The Kier molecular flexibility index (Phi) is 5.19. The number of piperazine rings is 1. The Bertz CT molecular complexity index is 971. The quantitative estimate of drug-likeness (QED) is 0.642. The third-order valence-corrected chi connectivity index (χ3v) is 4.91. The number of rotatable bonds is 4. The van der Waals surface area contributed by atoms with Crippen LogP contribution in [0.2, 0.25) is 0 Å². The highest BCUT2D eigenvalue weighted by atomic mass is 19.4. The van der Waals surface area contributed by atoms with Gasteiger partial charge in [-0.1, -0.05) is 12.1 Å². The van der Waals surface area contributed by atoms with Gasteiger partial charge in [0.05, 0.1) is 18.4 Å². The largest absolute Gasteiger partial charge is 0.468 e. The molecule has 0 radical (unpaired) electrons. The summed E-state index contributed by atoms with van der Waals surface area (Å²) >= 11 is 0. The Balaban J connectivity index is 1.40. The number of carbonyl (C=O) groups excluding carboxylic acids is 1. The van der Waals surface area contributed by atoms with Crippen molar-refractivity contribution in [1.82, 2.24) is 9.80 Å². The van der Waals surface area contributed by atoms with Crippen molar-refractivity contribution in [2.75, 3.05) is 26.2 Å². The van der Waals surface area contributed by atoms with E-state index in [-0.39, 0.29) is 23.0 Å². The van der Waals surface area contributed by atoms with Crippen molar-refractivity contribution in [3.63, 3.8) is 0 Å². The van der Waals surface area contributed by atoms with E-state index in [1.165, 1.54) is 24.3 Å². The predicted octanol–water partition coefficient (Wildman–Crippen LogP) is 4.52. The van der Waals surface area contributed by atoms with Crippen LogP contribution in [0, 0.1) is 0 Å². The minimum Gasteiger partial charge on any atom is -0.468 e. The monoisotopic (exact) mass is 404 g/mol. The molecule has 0 unspecified atom stereocenters.